The molecule has 0 amide bonds. The van der Waals surface area contributed by atoms with Crippen LogP contribution in [0.4, 0.5) is 13.2 Å². The molecule has 0 N–H and O–H groups in total. The largest absolute Gasteiger partial charge is 0.416 e. The molecule has 0 aromatic heterocycles. The van der Waals surface area contributed by atoms with Crippen LogP contribution < -0.4 is 0 Å². The van der Waals surface area contributed by atoms with E-state index in [4.69, 9.17) is 0 Å². The van der Waals surface area contributed by atoms with Crippen molar-refractivity contribution in [3.8, 4) is 0 Å². The van der Waals surface area contributed by atoms with Crippen LogP contribution in [-0.2, 0) is 6.18 Å². The molecule has 0 radical (unpaired) electrons. The Balaban J connectivity index is 1.70. The summed E-state index contributed by atoms with van der Waals surface area (Å²) in [5, 5.41) is 0. The molecule has 1 fully saturated rings. The van der Waals surface area contributed by atoms with Gasteiger partial charge in [-0.25, -0.2) is 0 Å². The Morgan fingerprint density at radius 2 is 1.37 bits per heavy atom. The molecule has 1 nitrogen and oxygen atoms in total. The summed E-state index contributed by atoms with van der Waals surface area (Å²) in [4.78, 5) is 2.29. The van der Waals surface area contributed by atoms with Crippen LogP contribution in [0.3, 0.4) is 0 Å². The van der Waals surface area contributed by atoms with E-state index in [9.17, 15) is 13.2 Å². The van der Waals surface area contributed by atoms with Crippen LogP contribution in [-0.4, -0.2) is 11.4 Å². The Hall–Kier alpha value is -2.59. The van der Waals surface area contributed by atoms with Crippen molar-refractivity contribution in [1.29, 1.82) is 0 Å². The fraction of sp³-hybridized carbons (Fsp3) is 0.217. The number of rotatable bonds is 4. The molecule has 27 heavy (non-hydrogen) atoms. The fourth-order valence-corrected chi connectivity index (χ4v) is 3.84. The van der Waals surface area contributed by atoms with E-state index in [1.165, 1.54) is 12.1 Å². The highest BCUT2D eigenvalue weighted by Crippen LogP contribution is 2.44. The molecule has 1 aliphatic rings. The lowest BCUT2D eigenvalue weighted by Gasteiger charge is -2.47. The summed E-state index contributed by atoms with van der Waals surface area (Å²) in [6, 6.07) is 26.1. The highest BCUT2D eigenvalue weighted by atomic mass is 19.4. The maximum Gasteiger partial charge on any atom is 0.416 e. The van der Waals surface area contributed by atoms with E-state index in [1.54, 1.807) is 6.07 Å². The van der Waals surface area contributed by atoms with Crippen LogP contribution in [0.1, 0.15) is 40.8 Å². The molecule has 1 atom stereocenters. The van der Waals surface area contributed by atoms with Crippen molar-refractivity contribution in [1.82, 2.24) is 4.90 Å². The second kappa shape index (κ2) is 7.20. The molecule has 0 saturated carbocycles. The zero-order valence-electron chi connectivity index (χ0n) is 14.7. The predicted molar refractivity (Wildman–Crippen MR) is 100 cm³/mol. The van der Waals surface area contributed by atoms with Crippen molar-refractivity contribution in [3.63, 3.8) is 0 Å². The SMILES string of the molecule is FC(F)(F)c1cccc(C2CCN2C(c2ccccc2)c2ccccc2)c1. The van der Waals surface area contributed by atoms with Crippen LogP contribution in [0.5, 0.6) is 0 Å². The molecule has 1 heterocycles. The minimum atomic E-state index is -4.32. The molecule has 0 bridgehead atoms. The van der Waals surface area contributed by atoms with Gasteiger partial charge in [0.1, 0.15) is 0 Å². The topological polar surface area (TPSA) is 3.24 Å². The number of hydrogen-bond donors (Lipinski definition) is 0. The Morgan fingerprint density at radius 3 is 1.85 bits per heavy atom. The van der Waals surface area contributed by atoms with Gasteiger partial charge in [-0.15, -0.1) is 0 Å². The normalized spacial score (nSPS) is 17.7. The van der Waals surface area contributed by atoms with Gasteiger partial charge in [-0.2, -0.15) is 13.2 Å². The van der Waals surface area contributed by atoms with Crippen molar-refractivity contribution in [2.45, 2.75) is 24.7 Å². The molecule has 4 rings (SSSR count). The van der Waals surface area contributed by atoms with E-state index >= 15 is 0 Å². The second-order valence-corrected chi connectivity index (χ2v) is 6.89. The van der Waals surface area contributed by atoms with Gasteiger partial charge in [-0.1, -0.05) is 72.8 Å². The van der Waals surface area contributed by atoms with E-state index in [2.05, 4.69) is 29.2 Å². The molecule has 0 spiro atoms. The Kier molecular flexibility index (Phi) is 4.75. The van der Waals surface area contributed by atoms with E-state index in [-0.39, 0.29) is 12.1 Å². The van der Waals surface area contributed by atoms with Gasteiger partial charge in [-0.05, 0) is 35.2 Å². The molecule has 1 aliphatic heterocycles. The maximum atomic E-state index is 13.1. The first-order valence-corrected chi connectivity index (χ1v) is 9.07. The molecule has 0 aliphatic carbocycles. The van der Waals surface area contributed by atoms with Gasteiger partial charge in [0.15, 0.2) is 0 Å². The average Bonchev–Trinajstić information content (AvgIpc) is 2.66. The summed E-state index contributed by atoms with van der Waals surface area (Å²) < 4.78 is 39.4. The van der Waals surface area contributed by atoms with Gasteiger partial charge < -0.3 is 0 Å². The van der Waals surface area contributed by atoms with E-state index in [1.807, 2.05) is 36.4 Å². The minimum absolute atomic E-state index is 0.0160. The highest BCUT2D eigenvalue weighted by Gasteiger charge is 2.38. The lowest BCUT2D eigenvalue weighted by atomic mass is 9.87. The molecule has 3 aromatic carbocycles. The van der Waals surface area contributed by atoms with Crippen LogP contribution in [0.15, 0.2) is 84.9 Å². The Morgan fingerprint density at radius 1 is 0.778 bits per heavy atom. The third-order valence-electron chi connectivity index (χ3n) is 5.22. The Bertz CT molecular complexity index is 851. The molecule has 1 saturated heterocycles. The zero-order valence-corrected chi connectivity index (χ0v) is 14.7. The van der Waals surface area contributed by atoms with Gasteiger partial charge in [0.25, 0.3) is 0 Å². The number of halogens is 3. The molecule has 4 heteroatoms. The van der Waals surface area contributed by atoms with Gasteiger partial charge in [-0.3, -0.25) is 4.90 Å². The van der Waals surface area contributed by atoms with Gasteiger partial charge >= 0.3 is 6.18 Å². The molecular weight excluding hydrogens is 347 g/mol. The standard InChI is InChI=1S/C23H20F3N/c24-23(25,26)20-13-7-12-19(16-20)21-14-15-27(21)22(17-8-3-1-4-9-17)18-10-5-2-6-11-18/h1-13,16,21-22H,14-15H2. The summed E-state index contributed by atoms with van der Waals surface area (Å²) >= 11 is 0. The first-order valence-electron chi connectivity index (χ1n) is 9.07. The first-order chi connectivity index (χ1) is 13.0. The van der Waals surface area contributed by atoms with Gasteiger partial charge in [0, 0.05) is 12.6 Å². The van der Waals surface area contributed by atoms with Crippen molar-refractivity contribution >= 4 is 0 Å². The van der Waals surface area contributed by atoms with Crippen LogP contribution in [0.2, 0.25) is 0 Å². The smallest absolute Gasteiger partial charge is 0.285 e. The number of hydrogen-bond acceptors (Lipinski definition) is 1. The van der Waals surface area contributed by atoms with Gasteiger partial charge in [0.2, 0.25) is 0 Å². The number of nitrogens with zero attached hydrogens (tertiary/aromatic N) is 1. The predicted octanol–water partition coefficient (Wildman–Crippen LogP) is 6.24. The van der Waals surface area contributed by atoms with E-state index < -0.39 is 11.7 Å². The van der Waals surface area contributed by atoms with Crippen molar-refractivity contribution in [2.24, 2.45) is 0 Å². The molecule has 1 unspecified atom stereocenters. The third kappa shape index (κ3) is 3.62. The van der Waals surface area contributed by atoms with Crippen molar-refractivity contribution < 1.29 is 13.2 Å². The first kappa shape index (κ1) is 17.8. The molecule has 3 aromatic rings. The monoisotopic (exact) mass is 367 g/mol. The van der Waals surface area contributed by atoms with Crippen molar-refractivity contribution in [2.75, 3.05) is 6.54 Å². The Labute approximate surface area is 157 Å². The summed E-state index contributed by atoms with van der Waals surface area (Å²) in [5.41, 5.74) is 2.46. The van der Waals surface area contributed by atoms with Gasteiger partial charge in [0.05, 0.1) is 11.6 Å². The van der Waals surface area contributed by atoms with E-state index in [0.717, 1.165) is 35.7 Å². The van der Waals surface area contributed by atoms with Crippen molar-refractivity contribution in [3.05, 3.63) is 107 Å². The quantitative estimate of drug-likeness (QED) is 0.527. The van der Waals surface area contributed by atoms with Crippen LogP contribution in [0, 0.1) is 0 Å². The summed E-state index contributed by atoms with van der Waals surface area (Å²) in [6.45, 7) is 0.857. The third-order valence-corrected chi connectivity index (χ3v) is 5.22. The summed E-state index contributed by atoms with van der Waals surface area (Å²) in [7, 11) is 0. The number of likely N-dealkylation sites (tertiary alicyclic amines) is 1. The lowest BCUT2D eigenvalue weighted by molar-refractivity contribution is -0.137. The zero-order chi connectivity index (χ0) is 18.9. The number of alkyl halides is 3. The lowest BCUT2D eigenvalue weighted by Crippen LogP contribution is -2.43. The van der Waals surface area contributed by atoms with E-state index in [0.29, 0.717) is 0 Å². The summed E-state index contributed by atoms with van der Waals surface area (Å²) in [6.07, 6.45) is -3.46. The number of benzene rings is 3. The van der Waals surface area contributed by atoms with Crippen LogP contribution in [0.25, 0.3) is 0 Å². The summed E-state index contributed by atoms with van der Waals surface area (Å²) in [5.74, 6) is 0. The maximum absolute atomic E-state index is 13.1. The second-order valence-electron chi connectivity index (χ2n) is 6.89. The molecule has 138 valence electrons. The minimum Gasteiger partial charge on any atom is -0.285 e. The van der Waals surface area contributed by atoms with Crippen LogP contribution >= 0.6 is 0 Å². The highest BCUT2D eigenvalue weighted by molar-refractivity contribution is 5.35. The molecular formula is C23H20F3N. The fourth-order valence-electron chi connectivity index (χ4n) is 3.84. The average molecular weight is 367 g/mol.